The van der Waals surface area contributed by atoms with Gasteiger partial charge in [0.2, 0.25) is 0 Å². The minimum atomic E-state index is -3.48. The molecule has 0 bridgehead atoms. The van der Waals surface area contributed by atoms with E-state index in [1.54, 1.807) is 51.1 Å². The molecule has 1 aromatic carbocycles. The fraction of sp³-hybridized carbons (Fsp3) is 0.579. The van der Waals surface area contributed by atoms with Crippen LogP contribution in [0.15, 0.2) is 30.3 Å². The highest BCUT2D eigenvalue weighted by Gasteiger charge is 2.43. The lowest BCUT2D eigenvalue weighted by atomic mass is 9.96. The molecule has 0 aromatic heterocycles. The number of benzene rings is 1. The maximum Gasteiger partial charge on any atom is 0.328 e. The summed E-state index contributed by atoms with van der Waals surface area (Å²) in [5, 5.41) is 11.4. The highest BCUT2D eigenvalue weighted by atomic mass is 19.3. The summed E-state index contributed by atoms with van der Waals surface area (Å²) in [5.74, 6) is -4.68. The molecule has 1 aromatic rings. The Balaban J connectivity index is 2.00. The molecule has 0 saturated carbocycles. The number of likely N-dealkylation sites (tertiary alicyclic amines) is 1. The quantitative estimate of drug-likeness (QED) is 0.820. The molecule has 5 nitrogen and oxygen atoms in total. The third-order valence-corrected chi connectivity index (χ3v) is 4.62. The lowest BCUT2D eigenvalue weighted by Crippen LogP contribution is -2.60. The summed E-state index contributed by atoms with van der Waals surface area (Å²) in [5.41, 5.74) is -0.246. The van der Waals surface area contributed by atoms with E-state index in [0.717, 1.165) is 4.90 Å². The van der Waals surface area contributed by atoms with E-state index in [1.165, 1.54) is 4.90 Å². The fourth-order valence-corrected chi connectivity index (χ4v) is 3.46. The van der Waals surface area contributed by atoms with Gasteiger partial charge < -0.3 is 19.7 Å². The number of amides is 2. The van der Waals surface area contributed by atoms with Crippen molar-refractivity contribution >= 4 is 12.0 Å². The Morgan fingerprint density at radius 1 is 1.15 bits per heavy atom. The Kier molecular flexibility index (Phi) is 5.88. The zero-order chi connectivity index (χ0) is 19.5. The van der Waals surface area contributed by atoms with Gasteiger partial charge in [0, 0.05) is 31.1 Å². The second-order valence-electron chi connectivity index (χ2n) is 7.70. The predicted octanol–water partition coefficient (Wildman–Crippen LogP) is 2.30. The Morgan fingerprint density at radius 2 is 1.69 bits per heavy atom. The number of halogens is 2. The van der Waals surface area contributed by atoms with Gasteiger partial charge in [-0.15, -0.1) is 0 Å². The van der Waals surface area contributed by atoms with Crippen LogP contribution in [0.2, 0.25) is 0 Å². The van der Waals surface area contributed by atoms with Gasteiger partial charge in [-0.05, 0) is 39.2 Å². The van der Waals surface area contributed by atoms with E-state index in [2.05, 4.69) is 0 Å². The van der Waals surface area contributed by atoms with E-state index >= 15 is 0 Å². The Morgan fingerprint density at radius 3 is 2.15 bits per heavy atom. The van der Waals surface area contributed by atoms with E-state index in [-0.39, 0.29) is 19.1 Å². The largest absolute Gasteiger partial charge is 0.530 e. The molecule has 1 saturated heterocycles. The molecule has 1 heterocycles. The zero-order valence-electron chi connectivity index (χ0n) is 15.4. The zero-order valence-corrected chi connectivity index (χ0v) is 15.4. The van der Waals surface area contributed by atoms with Crippen LogP contribution in [0.1, 0.15) is 39.2 Å². The van der Waals surface area contributed by atoms with E-state index in [0.29, 0.717) is 18.4 Å². The number of rotatable bonds is 4. The summed E-state index contributed by atoms with van der Waals surface area (Å²) < 4.78 is 28.7. The molecule has 2 amide bonds. The van der Waals surface area contributed by atoms with Gasteiger partial charge in [0.15, 0.2) is 0 Å². The van der Waals surface area contributed by atoms with Crippen LogP contribution in [0.25, 0.3) is 0 Å². The number of nitrogens with zero attached hydrogens (tertiary/aromatic N) is 2. The highest BCUT2D eigenvalue weighted by Crippen LogP contribution is 2.28. The van der Waals surface area contributed by atoms with Crippen LogP contribution in [0.5, 0.6) is 0 Å². The van der Waals surface area contributed by atoms with Crippen LogP contribution >= 0.6 is 0 Å². The molecule has 0 N–H and O–H groups in total. The second kappa shape index (κ2) is 7.60. The van der Waals surface area contributed by atoms with E-state index in [9.17, 15) is 23.5 Å². The van der Waals surface area contributed by atoms with Crippen molar-refractivity contribution in [1.82, 2.24) is 9.80 Å². The van der Waals surface area contributed by atoms with Gasteiger partial charge in [0.05, 0.1) is 0 Å². The number of hydrogen-bond donors (Lipinski definition) is 0. The molecular weight excluding hydrogens is 342 g/mol. The van der Waals surface area contributed by atoms with Crippen molar-refractivity contribution < 1.29 is 23.5 Å². The highest BCUT2D eigenvalue weighted by molar-refractivity contribution is 5.84. The molecule has 0 atom stereocenters. The van der Waals surface area contributed by atoms with Crippen molar-refractivity contribution in [3.8, 4) is 0 Å². The van der Waals surface area contributed by atoms with Crippen molar-refractivity contribution in [2.24, 2.45) is 0 Å². The normalized spacial score (nSPS) is 16.4. The maximum atomic E-state index is 14.4. The molecule has 7 heteroatoms. The van der Waals surface area contributed by atoms with Gasteiger partial charge in [0.1, 0.15) is 6.09 Å². The van der Waals surface area contributed by atoms with Crippen LogP contribution < -0.4 is 5.11 Å². The fourth-order valence-electron chi connectivity index (χ4n) is 3.46. The average Bonchev–Trinajstić information content (AvgIpc) is 2.54. The Hall–Kier alpha value is -2.18. The molecule has 0 aliphatic carbocycles. The van der Waals surface area contributed by atoms with Crippen molar-refractivity contribution in [2.45, 2.75) is 57.5 Å². The van der Waals surface area contributed by atoms with Crippen LogP contribution in [-0.2, 0) is 11.2 Å². The number of hydrogen-bond acceptors (Lipinski definition) is 3. The minimum absolute atomic E-state index is 0.105. The average molecular weight is 367 g/mol. The number of carboxylic acid groups (broad SMARTS) is 1. The van der Waals surface area contributed by atoms with E-state index in [4.69, 9.17) is 0 Å². The summed E-state index contributed by atoms with van der Waals surface area (Å²) >= 11 is 0. The smallest absolute Gasteiger partial charge is 0.328 e. The number of alkyl halides is 2. The lowest BCUT2D eigenvalue weighted by molar-refractivity contribution is -0.274. The first-order chi connectivity index (χ1) is 12.0. The van der Waals surface area contributed by atoms with Gasteiger partial charge in [-0.3, -0.25) is 4.79 Å². The van der Waals surface area contributed by atoms with Crippen LogP contribution in [0, 0.1) is 0 Å². The molecule has 1 aliphatic heterocycles. The monoisotopic (exact) mass is 367 g/mol. The summed E-state index contributed by atoms with van der Waals surface area (Å²) in [6.07, 6.45) is -1.28. The molecule has 1 fully saturated rings. The molecule has 26 heavy (non-hydrogen) atoms. The molecule has 0 unspecified atom stereocenters. The molecule has 0 spiro atoms. The number of carbonyl (C=O) groups excluding carboxylic acids is 2. The molecule has 0 radical (unpaired) electrons. The lowest BCUT2D eigenvalue weighted by Gasteiger charge is -2.47. The molecule has 2 rings (SSSR count). The van der Waals surface area contributed by atoms with Crippen LogP contribution in [0.4, 0.5) is 13.6 Å². The SMILES string of the molecule is CC(C)(C)N(C(=O)[O-])C1CCN(C(=O)C(F)(F)Cc2ccccc2)CC1. The van der Waals surface area contributed by atoms with Crippen molar-refractivity contribution in [3.63, 3.8) is 0 Å². The van der Waals surface area contributed by atoms with E-state index in [1.807, 2.05) is 0 Å². The third kappa shape index (κ3) is 4.71. The Bertz CT molecular complexity index is 636. The summed E-state index contributed by atoms with van der Waals surface area (Å²) in [7, 11) is 0. The van der Waals surface area contributed by atoms with Gasteiger partial charge in [0.25, 0.3) is 5.91 Å². The van der Waals surface area contributed by atoms with Crippen molar-refractivity contribution in [1.29, 1.82) is 0 Å². The minimum Gasteiger partial charge on any atom is -0.530 e. The maximum absolute atomic E-state index is 14.4. The summed E-state index contributed by atoms with van der Waals surface area (Å²) in [6, 6.07) is 7.83. The number of carbonyl (C=O) groups is 2. The van der Waals surface area contributed by atoms with Crippen LogP contribution in [-0.4, -0.2) is 52.4 Å². The summed E-state index contributed by atoms with van der Waals surface area (Å²) in [4.78, 5) is 26.1. The Labute approximate surface area is 152 Å². The summed E-state index contributed by atoms with van der Waals surface area (Å²) in [6.45, 7) is 5.48. The third-order valence-electron chi connectivity index (χ3n) is 4.62. The molecule has 144 valence electrons. The van der Waals surface area contributed by atoms with Gasteiger partial charge in [-0.25, -0.2) is 0 Å². The molecular formula is C19H25F2N2O3-. The first-order valence-corrected chi connectivity index (χ1v) is 8.74. The van der Waals surface area contributed by atoms with Gasteiger partial charge in [-0.2, -0.15) is 8.78 Å². The van der Waals surface area contributed by atoms with E-state index < -0.39 is 29.9 Å². The standard InChI is InChI=1S/C19H26F2N2O3/c1-18(2,3)23(17(25)26)15-9-11-22(12-10-15)16(24)19(20,21)13-14-7-5-4-6-8-14/h4-8,15H,9-13H2,1-3H3,(H,25,26)/p-1. The van der Waals surface area contributed by atoms with Crippen molar-refractivity contribution in [3.05, 3.63) is 35.9 Å². The second-order valence-corrected chi connectivity index (χ2v) is 7.70. The first-order valence-electron chi connectivity index (χ1n) is 8.74. The van der Waals surface area contributed by atoms with Gasteiger partial charge in [-0.1, -0.05) is 30.3 Å². The molecule has 1 aliphatic rings. The van der Waals surface area contributed by atoms with Gasteiger partial charge >= 0.3 is 5.92 Å². The first kappa shape index (κ1) is 20.1. The van der Waals surface area contributed by atoms with Crippen molar-refractivity contribution in [2.75, 3.05) is 13.1 Å². The van der Waals surface area contributed by atoms with Crippen LogP contribution in [0.3, 0.4) is 0 Å². The predicted molar refractivity (Wildman–Crippen MR) is 91.7 cm³/mol. The topological polar surface area (TPSA) is 63.7 Å². The number of piperidine rings is 1.